The van der Waals surface area contributed by atoms with Gasteiger partial charge < -0.3 is 4.74 Å². The molecule has 13 heavy (non-hydrogen) atoms. The zero-order valence-electron chi connectivity index (χ0n) is 7.33. The molecule has 0 aliphatic heterocycles. The molecular weight excluding hydrogens is 248 g/mol. The van der Waals surface area contributed by atoms with Crippen LogP contribution in [0.25, 0.3) is 6.08 Å². The van der Waals surface area contributed by atoms with Gasteiger partial charge in [0.25, 0.3) is 0 Å². The summed E-state index contributed by atoms with van der Waals surface area (Å²) in [7, 11) is 1.67. The molecule has 0 saturated carbocycles. The predicted molar refractivity (Wildman–Crippen MR) is 63.6 cm³/mol. The summed E-state index contributed by atoms with van der Waals surface area (Å²) >= 11 is 7.51. The standard InChI is InChI=1S/C10H11BrOS/c1-12-10-5-4-9(11)7-8(10)3-2-6-13/h2-5,7,13H,6H2,1H3. The Morgan fingerprint density at radius 1 is 1.54 bits per heavy atom. The van der Waals surface area contributed by atoms with Crippen molar-refractivity contribution in [3.05, 3.63) is 34.3 Å². The largest absolute Gasteiger partial charge is 0.496 e. The molecule has 1 rings (SSSR count). The lowest BCUT2D eigenvalue weighted by Crippen LogP contribution is -1.86. The first-order chi connectivity index (χ1) is 6.27. The van der Waals surface area contributed by atoms with Gasteiger partial charge >= 0.3 is 0 Å². The molecule has 1 aromatic rings. The Kier molecular flexibility index (Phi) is 4.39. The minimum Gasteiger partial charge on any atom is -0.496 e. The minimum atomic E-state index is 0.732. The third kappa shape index (κ3) is 3.08. The summed E-state index contributed by atoms with van der Waals surface area (Å²) in [4.78, 5) is 0. The van der Waals surface area contributed by atoms with Crippen LogP contribution < -0.4 is 4.74 Å². The number of halogens is 1. The Morgan fingerprint density at radius 3 is 2.92 bits per heavy atom. The third-order valence-corrected chi connectivity index (χ3v) is 2.30. The van der Waals surface area contributed by atoms with Crippen LogP contribution in [0.2, 0.25) is 0 Å². The number of hydrogen-bond donors (Lipinski definition) is 1. The number of benzene rings is 1. The summed E-state index contributed by atoms with van der Waals surface area (Å²) in [5.41, 5.74) is 1.06. The number of rotatable bonds is 3. The van der Waals surface area contributed by atoms with Crippen molar-refractivity contribution in [2.45, 2.75) is 0 Å². The van der Waals surface area contributed by atoms with Gasteiger partial charge in [0.15, 0.2) is 0 Å². The van der Waals surface area contributed by atoms with Crippen LogP contribution in [0.3, 0.4) is 0 Å². The molecule has 0 fully saturated rings. The molecule has 3 heteroatoms. The second-order valence-electron chi connectivity index (χ2n) is 2.47. The van der Waals surface area contributed by atoms with E-state index in [1.165, 1.54) is 0 Å². The summed E-state index contributed by atoms with van der Waals surface area (Å²) in [5.74, 6) is 1.61. The van der Waals surface area contributed by atoms with Crippen LogP contribution in [0.4, 0.5) is 0 Å². The van der Waals surface area contributed by atoms with E-state index in [9.17, 15) is 0 Å². The Labute approximate surface area is 92.3 Å². The molecule has 0 aliphatic rings. The molecule has 1 nitrogen and oxygen atoms in total. The highest BCUT2D eigenvalue weighted by atomic mass is 79.9. The Balaban J connectivity index is 3.01. The van der Waals surface area contributed by atoms with Gasteiger partial charge in [0.05, 0.1) is 7.11 Å². The van der Waals surface area contributed by atoms with Crippen LogP contribution in [-0.4, -0.2) is 12.9 Å². The van der Waals surface area contributed by atoms with E-state index >= 15 is 0 Å². The maximum atomic E-state index is 5.20. The van der Waals surface area contributed by atoms with Crippen LogP contribution in [0.5, 0.6) is 5.75 Å². The van der Waals surface area contributed by atoms with Gasteiger partial charge in [-0.25, -0.2) is 0 Å². The molecule has 0 atom stereocenters. The summed E-state index contributed by atoms with van der Waals surface area (Å²) in [6.07, 6.45) is 3.98. The minimum absolute atomic E-state index is 0.732. The van der Waals surface area contributed by atoms with Gasteiger partial charge in [-0.3, -0.25) is 0 Å². The lowest BCUT2D eigenvalue weighted by atomic mass is 10.2. The summed E-state index contributed by atoms with van der Waals surface area (Å²) in [5, 5.41) is 0. The van der Waals surface area contributed by atoms with Crippen molar-refractivity contribution >= 4 is 34.6 Å². The van der Waals surface area contributed by atoms with E-state index in [2.05, 4.69) is 28.6 Å². The van der Waals surface area contributed by atoms with E-state index in [1.807, 2.05) is 30.4 Å². The van der Waals surface area contributed by atoms with Crippen molar-refractivity contribution in [1.82, 2.24) is 0 Å². The number of methoxy groups -OCH3 is 1. The molecule has 0 unspecified atom stereocenters. The SMILES string of the molecule is COc1ccc(Br)cc1C=CCS. The topological polar surface area (TPSA) is 9.23 Å². The molecule has 0 amide bonds. The Bertz CT molecular complexity index is 310. The second kappa shape index (κ2) is 5.35. The Morgan fingerprint density at radius 2 is 2.31 bits per heavy atom. The van der Waals surface area contributed by atoms with Crippen molar-refractivity contribution in [3.8, 4) is 5.75 Å². The molecule has 0 N–H and O–H groups in total. The van der Waals surface area contributed by atoms with E-state index in [4.69, 9.17) is 4.74 Å². The normalized spacial score (nSPS) is 10.7. The van der Waals surface area contributed by atoms with E-state index < -0.39 is 0 Å². The lowest BCUT2D eigenvalue weighted by Gasteiger charge is -2.04. The van der Waals surface area contributed by atoms with Crippen molar-refractivity contribution in [1.29, 1.82) is 0 Å². The van der Waals surface area contributed by atoms with E-state index in [1.54, 1.807) is 7.11 Å². The van der Waals surface area contributed by atoms with Gasteiger partial charge in [-0.05, 0) is 18.2 Å². The molecule has 0 aliphatic carbocycles. The molecular formula is C10H11BrOS. The molecule has 0 bridgehead atoms. The monoisotopic (exact) mass is 258 g/mol. The lowest BCUT2D eigenvalue weighted by molar-refractivity contribution is 0.414. The van der Waals surface area contributed by atoms with Crippen LogP contribution >= 0.6 is 28.6 Å². The average Bonchev–Trinajstić information content (AvgIpc) is 2.15. The quantitative estimate of drug-likeness (QED) is 0.818. The maximum absolute atomic E-state index is 5.20. The zero-order chi connectivity index (χ0) is 9.68. The molecule has 0 heterocycles. The van der Waals surface area contributed by atoms with Crippen molar-refractivity contribution < 1.29 is 4.74 Å². The van der Waals surface area contributed by atoms with Crippen LogP contribution in [0, 0.1) is 0 Å². The van der Waals surface area contributed by atoms with Crippen LogP contribution in [0.15, 0.2) is 28.7 Å². The smallest absolute Gasteiger partial charge is 0.126 e. The van der Waals surface area contributed by atoms with Gasteiger partial charge in [0.1, 0.15) is 5.75 Å². The van der Waals surface area contributed by atoms with Crippen LogP contribution in [0.1, 0.15) is 5.56 Å². The van der Waals surface area contributed by atoms with Gasteiger partial charge in [-0.2, -0.15) is 12.6 Å². The van der Waals surface area contributed by atoms with E-state index in [0.29, 0.717) is 0 Å². The number of thiol groups is 1. The highest BCUT2D eigenvalue weighted by Crippen LogP contribution is 2.23. The molecule has 70 valence electrons. The predicted octanol–water partition coefficient (Wildman–Crippen LogP) is 3.40. The van der Waals surface area contributed by atoms with E-state index in [0.717, 1.165) is 21.5 Å². The fourth-order valence-electron chi connectivity index (χ4n) is 1.02. The van der Waals surface area contributed by atoms with Crippen molar-refractivity contribution in [3.63, 3.8) is 0 Å². The third-order valence-electron chi connectivity index (χ3n) is 1.59. The highest BCUT2D eigenvalue weighted by molar-refractivity contribution is 9.10. The first-order valence-corrected chi connectivity index (χ1v) is 5.31. The maximum Gasteiger partial charge on any atom is 0.126 e. The summed E-state index contributed by atoms with van der Waals surface area (Å²) in [6.45, 7) is 0. The summed E-state index contributed by atoms with van der Waals surface area (Å²) < 4.78 is 6.25. The highest BCUT2D eigenvalue weighted by Gasteiger charge is 1.98. The second-order valence-corrected chi connectivity index (χ2v) is 3.75. The zero-order valence-corrected chi connectivity index (χ0v) is 9.81. The molecule has 1 aromatic carbocycles. The van der Waals surface area contributed by atoms with Crippen molar-refractivity contribution in [2.75, 3.05) is 12.9 Å². The first kappa shape index (κ1) is 10.7. The van der Waals surface area contributed by atoms with Gasteiger partial charge in [0.2, 0.25) is 0 Å². The van der Waals surface area contributed by atoms with Gasteiger partial charge in [-0.1, -0.05) is 28.1 Å². The van der Waals surface area contributed by atoms with Gasteiger partial charge in [0, 0.05) is 15.8 Å². The number of ether oxygens (including phenoxy) is 1. The molecule has 0 aromatic heterocycles. The average molecular weight is 259 g/mol. The fourth-order valence-corrected chi connectivity index (χ4v) is 1.50. The molecule has 0 radical (unpaired) electrons. The molecule has 0 saturated heterocycles. The first-order valence-electron chi connectivity index (χ1n) is 3.89. The van der Waals surface area contributed by atoms with E-state index in [-0.39, 0.29) is 0 Å². The number of hydrogen-bond acceptors (Lipinski definition) is 2. The Hall–Kier alpha value is -0.410. The molecule has 0 spiro atoms. The van der Waals surface area contributed by atoms with Crippen molar-refractivity contribution in [2.24, 2.45) is 0 Å². The fraction of sp³-hybridized carbons (Fsp3) is 0.200. The van der Waals surface area contributed by atoms with Crippen LogP contribution in [-0.2, 0) is 0 Å². The van der Waals surface area contributed by atoms with Gasteiger partial charge in [-0.15, -0.1) is 0 Å². The summed E-state index contributed by atoms with van der Waals surface area (Å²) in [6, 6.07) is 5.90.